The smallest absolute Gasteiger partial charge is 0.224 e. The van der Waals surface area contributed by atoms with Gasteiger partial charge in [-0.2, -0.15) is 0 Å². The van der Waals surface area contributed by atoms with E-state index in [1.807, 2.05) is 38.1 Å². The van der Waals surface area contributed by atoms with E-state index in [4.69, 9.17) is 9.15 Å². The lowest BCUT2D eigenvalue weighted by molar-refractivity contribution is -0.122. The van der Waals surface area contributed by atoms with Crippen LogP contribution >= 0.6 is 0 Å². The second kappa shape index (κ2) is 7.86. The van der Waals surface area contributed by atoms with Crippen molar-refractivity contribution in [2.45, 2.75) is 46.1 Å². The van der Waals surface area contributed by atoms with Gasteiger partial charge in [-0.25, -0.2) is 0 Å². The maximum atomic E-state index is 11.9. The Morgan fingerprint density at radius 2 is 1.83 bits per heavy atom. The number of rotatable bonds is 7. The van der Waals surface area contributed by atoms with E-state index in [0.29, 0.717) is 18.9 Å². The van der Waals surface area contributed by atoms with E-state index in [1.165, 1.54) is 5.56 Å². The quantitative estimate of drug-likeness (QED) is 0.826. The first kappa shape index (κ1) is 17.1. The van der Waals surface area contributed by atoms with Crippen LogP contribution < -0.4 is 10.1 Å². The van der Waals surface area contributed by atoms with Gasteiger partial charge in [0, 0.05) is 0 Å². The van der Waals surface area contributed by atoms with E-state index >= 15 is 0 Å². The number of carbonyl (C=O) groups is 1. The van der Waals surface area contributed by atoms with Crippen LogP contribution in [0.3, 0.4) is 0 Å². The highest BCUT2D eigenvalue weighted by Crippen LogP contribution is 2.19. The summed E-state index contributed by atoms with van der Waals surface area (Å²) in [6, 6.07) is 11.6. The normalized spacial score (nSPS) is 12.2. The van der Waals surface area contributed by atoms with Gasteiger partial charge in [-0.3, -0.25) is 4.79 Å². The SMILES string of the molecule is Cc1ccc(C(C)NC(=O)CCOc2ccc(C(C)C)cc2)o1. The maximum absolute atomic E-state index is 11.9. The molecule has 1 amide bonds. The average Bonchev–Trinajstić information content (AvgIpc) is 2.94. The molecule has 1 aromatic heterocycles. The van der Waals surface area contributed by atoms with Crippen LogP contribution in [0.2, 0.25) is 0 Å². The molecule has 0 aliphatic carbocycles. The first-order chi connectivity index (χ1) is 11.0. The monoisotopic (exact) mass is 315 g/mol. The van der Waals surface area contributed by atoms with Gasteiger partial charge in [0.15, 0.2) is 0 Å². The third-order valence-corrected chi connectivity index (χ3v) is 3.71. The molecule has 0 aliphatic rings. The van der Waals surface area contributed by atoms with E-state index < -0.39 is 0 Å². The average molecular weight is 315 g/mol. The predicted molar refractivity (Wildman–Crippen MR) is 90.6 cm³/mol. The summed E-state index contributed by atoms with van der Waals surface area (Å²) >= 11 is 0. The minimum atomic E-state index is -0.137. The van der Waals surface area contributed by atoms with E-state index in [1.54, 1.807) is 0 Å². The zero-order chi connectivity index (χ0) is 16.8. The Morgan fingerprint density at radius 3 is 2.39 bits per heavy atom. The van der Waals surface area contributed by atoms with Crippen molar-refractivity contribution in [2.24, 2.45) is 0 Å². The van der Waals surface area contributed by atoms with Crippen LogP contribution in [0.5, 0.6) is 5.75 Å². The number of hydrogen-bond donors (Lipinski definition) is 1. The molecule has 1 N–H and O–H groups in total. The molecule has 0 bridgehead atoms. The van der Waals surface area contributed by atoms with Crippen molar-refractivity contribution in [3.05, 3.63) is 53.5 Å². The summed E-state index contributed by atoms with van der Waals surface area (Å²) in [6.07, 6.45) is 0.315. The topological polar surface area (TPSA) is 51.5 Å². The number of nitrogens with one attached hydrogen (secondary N) is 1. The summed E-state index contributed by atoms with van der Waals surface area (Å²) in [5.74, 6) is 2.85. The third-order valence-electron chi connectivity index (χ3n) is 3.71. The van der Waals surface area contributed by atoms with Gasteiger partial charge >= 0.3 is 0 Å². The summed E-state index contributed by atoms with van der Waals surface area (Å²) in [4.78, 5) is 11.9. The van der Waals surface area contributed by atoms with E-state index in [-0.39, 0.29) is 11.9 Å². The van der Waals surface area contributed by atoms with Crippen molar-refractivity contribution in [1.29, 1.82) is 0 Å². The Balaban J connectivity index is 1.74. The molecule has 0 saturated carbocycles. The van der Waals surface area contributed by atoms with Gasteiger partial charge in [0.2, 0.25) is 5.91 Å². The molecule has 1 aromatic carbocycles. The molecule has 4 heteroatoms. The number of aryl methyl sites for hydroxylation is 1. The summed E-state index contributed by atoms with van der Waals surface area (Å²) in [5, 5.41) is 2.91. The van der Waals surface area contributed by atoms with Crippen molar-refractivity contribution in [3.63, 3.8) is 0 Å². The molecule has 2 rings (SSSR count). The molecule has 0 aliphatic heterocycles. The number of ether oxygens (including phenoxy) is 1. The molecule has 2 aromatic rings. The lowest BCUT2D eigenvalue weighted by Gasteiger charge is -2.12. The van der Waals surface area contributed by atoms with Crippen molar-refractivity contribution < 1.29 is 13.9 Å². The second-order valence-corrected chi connectivity index (χ2v) is 6.06. The first-order valence-corrected chi connectivity index (χ1v) is 8.04. The molecule has 124 valence electrons. The molecule has 0 fully saturated rings. The highest BCUT2D eigenvalue weighted by atomic mass is 16.5. The molecule has 23 heavy (non-hydrogen) atoms. The fourth-order valence-corrected chi connectivity index (χ4v) is 2.28. The minimum absolute atomic E-state index is 0.0506. The largest absolute Gasteiger partial charge is 0.493 e. The maximum Gasteiger partial charge on any atom is 0.224 e. The second-order valence-electron chi connectivity index (χ2n) is 6.06. The van der Waals surface area contributed by atoms with Crippen LogP contribution in [-0.4, -0.2) is 12.5 Å². The highest BCUT2D eigenvalue weighted by molar-refractivity contribution is 5.76. The Bertz CT molecular complexity index is 628. The molecule has 0 spiro atoms. The van der Waals surface area contributed by atoms with Crippen LogP contribution in [0.15, 0.2) is 40.8 Å². The van der Waals surface area contributed by atoms with Gasteiger partial charge in [-0.1, -0.05) is 26.0 Å². The summed E-state index contributed by atoms with van der Waals surface area (Å²) < 4.78 is 11.1. The van der Waals surface area contributed by atoms with Gasteiger partial charge in [0.25, 0.3) is 0 Å². The van der Waals surface area contributed by atoms with Crippen LogP contribution in [0, 0.1) is 6.92 Å². The molecule has 1 unspecified atom stereocenters. The molecule has 0 radical (unpaired) electrons. The molecular weight excluding hydrogens is 290 g/mol. The van der Waals surface area contributed by atoms with Gasteiger partial charge in [-0.15, -0.1) is 0 Å². The van der Waals surface area contributed by atoms with Crippen LogP contribution in [0.1, 0.15) is 56.2 Å². The van der Waals surface area contributed by atoms with Crippen molar-refractivity contribution in [1.82, 2.24) is 5.32 Å². The van der Waals surface area contributed by atoms with Gasteiger partial charge < -0.3 is 14.5 Å². The number of carbonyl (C=O) groups excluding carboxylic acids is 1. The summed E-state index contributed by atoms with van der Waals surface area (Å²) in [6.45, 7) is 8.46. The van der Waals surface area contributed by atoms with Crippen LogP contribution in [0.25, 0.3) is 0 Å². The lowest BCUT2D eigenvalue weighted by Crippen LogP contribution is -2.27. The first-order valence-electron chi connectivity index (χ1n) is 8.04. The Labute approximate surface area is 137 Å². The third kappa shape index (κ3) is 5.16. The Morgan fingerprint density at radius 1 is 1.13 bits per heavy atom. The zero-order valence-corrected chi connectivity index (χ0v) is 14.3. The molecule has 4 nitrogen and oxygen atoms in total. The molecule has 1 heterocycles. The summed E-state index contributed by atoms with van der Waals surface area (Å²) in [5.41, 5.74) is 1.28. The molecule has 0 saturated heterocycles. The van der Waals surface area contributed by atoms with E-state index in [9.17, 15) is 4.79 Å². The fraction of sp³-hybridized carbons (Fsp3) is 0.421. The van der Waals surface area contributed by atoms with Crippen LogP contribution in [-0.2, 0) is 4.79 Å². The molecular formula is C19H25NO3. The summed E-state index contributed by atoms with van der Waals surface area (Å²) in [7, 11) is 0. The number of furan rings is 1. The van der Waals surface area contributed by atoms with Crippen LogP contribution in [0.4, 0.5) is 0 Å². The predicted octanol–water partition coefficient (Wildman–Crippen LogP) is 4.36. The Hall–Kier alpha value is -2.23. The van der Waals surface area contributed by atoms with E-state index in [2.05, 4.69) is 31.3 Å². The van der Waals surface area contributed by atoms with Gasteiger partial charge in [0.05, 0.1) is 19.1 Å². The highest BCUT2D eigenvalue weighted by Gasteiger charge is 2.12. The number of benzene rings is 1. The van der Waals surface area contributed by atoms with Gasteiger partial charge in [-0.05, 0) is 49.6 Å². The number of amides is 1. The van der Waals surface area contributed by atoms with Crippen molar-refractivity contribution in [3.8, 4) is 5.75 Å². The van der Waals surface area contributed by atoms with Crippen molar-refractivity contribution in [2.75, 3.05) is 6.61 Å². The molecule has 1 atom stereocenters. The Kier molecular flexibility index (Phi) is 5.85. The minimum Gasteiger partial charge on any atom is -0.493 e. The fourth-order valence-electron chi connectivity index (χ4n) is 2.28. The van der Waals surface area contributed by atoms with Crippen molar-refractivity contribution >= 4 is 5.91 Å². The van der Waals surface area contributed by atoms with Gasteiger partial charge in [0.1, 0.15) is 17.3 Å². The number of hydrogen-bond acceptors (Lipinski definition) is 3. The lowest BCUT2D eigenvalue weighted by atomic mass is 10.0. The van der Waals surface area contributed by atoms with E-state index in [0.717, 1.165) is 17.3 Å². The standard InChI is InChI=1S/C19H25NO3/c1-13(2)16-6-8-17(9-7-16)22-12-11-19(21)20-15(4)18-10-5-14(3)23-18/h5-10,13,15H,11-12H2,1-4H3,(H,20,21). The zero-order valence-electron chi connectivity index (χ0n) is 14.3.